The van der Waals surface area contributed by atoms with Gasteiger partial charge in [0.2, 0.25) is 11.5 Å². The second-order valence-electron chi connectivity index (χ2n) is 7.39. The molecule has 0 fully saturated rings. The maximum Gasteiger partial charge on any atom is 0.296 e. The minimum absolute atomic E-state index is 0.196. The fourth-order valence-corrected chi connectivity index (χ4v) is 3.52. The molecular formula is C26H21N5O2. The summed E-state index contributed by atoms with van der Waals surface area (Å²) in [5, 5.41) is 13.5. The monoisotopic (exact) mass is 435 g/mol. The number of hydrogen-bond acceptors (Lipinski definition) is 5. The topological polar surface area (TPSA) is 92.2 Å². The third-order valence-corrected chi connectivity index (χ3v) is 5.41. The van der Waals surface area contributed by atoms with E-state index in [-0.39, 0.29) is 17.0 Å². The molecule has 0 aliphatic heterocycles. The fraction of sp³-hybridized carbons (Fsp3) is 0.0769. The van der Waals surface area contributed by atoms with E-state index >= 15 is 0 Å². The molecule has 7 nitrogen and oxygen atoms in total. The minimum atomic E-state index is -0.526. The number of nitrogens with one attached hydrogen (secondary N) is 1. The molecule has 0 saturated heterocycles. The van der Waals surface area contributed by atoms with Crippen LogP contribution in [-0.4, -0.2) is 20.9 Å². The van der Waals surface area contributed by atoms with Crippen LogP contribution in [0.4, 0.5) is 5.69 Å². The number of hydrazone groups is 1. The summed E-state index contributed by atoms with van der Waals surface area (Å²) in [6.45, 7) is 1.76. The standard InChI is InChI=1S/C26H21N5O2/c1-18-24(26(33)31(30(18)2)22-11-7-4-8-12-22)29-28-23(17-27)25(32)21-15-13-20(14-16-21)19-9-5-3-6-10-19/h3-16,29H,1-2H3/b28-23+. The number of aromatic nitrogens is 2. The zero-order valence-corrected chi connectivity index (χ0v) is 18.2. The van der Waals surface area contributed by atoms with Gasteiger partial charge in [-0.15, -0.1) is 0 Å². The van der Waals surface area contributed by atoms with Crippen molar-refractivity contribution < 1.29 is 4.79 Å². The minimum Gasteiger partial charge on any atom is -0.286 e. The van der Waals surface area contributed by atoms with Crippen molar-refractivity contribution in [3.8, 4) is 22.9 Å². The van der Waals surface area contributed by atoms with Crippen LogP contribution in [0.25, 0.3) is 16.8 Å². The van der Waals surface area contributed by atoms with Gasteiger partial charge in [-0.3, -0.25) is 19.7 Å². The summed E-state index contributed by atoms with van der Waals surface area (Å²) >= 11 is 0. The van der Waals surface area contributed by atoms with E-state index in [0.29, 0.717) is 16.9 Å². The Morgan fingerprint density at radius 2 is 1.48 bits per heavy atom. The van der Waals surface area contributed by atoms with E-state index in [2.05, 4.69) is 10.5 Å². The average molecular weight is 435 g/mol. The lowest BCUT2D eigenvalue weighted by molar-refractivity contribution is 0.106. The molecule has 4 aromatic rings. The number of rotatable bonds is 6. The molecule has 0 spiro atoms. The Labute approximate surface area is 190 Å². The maximum atomic E-state index is 13.0. The van der Waals surface area contributed by atoms with Gasteiger partial charge in [0.15, 0.2) is 0 Å². The summed E-state index contributed by atoms with van der Waals surface area (Å²) in [6.07, 6.45) is 0. The van der Waals surface area contributed by atoms with Crippen molar-refractivity contribution in [3.63, 3.8) is 0 Å². The summed E-state index contributed by atoms with van der Waals surface area (Å²) in [5.74, 6) is -0.526. The Morgan fingerprint density at radius 1 is 0.909 bits per heavy atom. The number of benzene rings is 3. The number of carbonyl (C=O) groups is 1. The zero-order valence-electron chi connectivity index (χ0n) is 18.2. The largest absolute Gasteiger partial charge is 0.296 e. The van der Waals surface area contributed by atoms with Crippen LogP contribution in [-0.2, 0) is 7.05 Å². The number of carbonyl (C=O) groups excluding carboxylic acids is 1. The molecule has 0 radical (unpaired) electrons. The van der Waals surface area contributed by atoms with Crippen LogP contribution in [0.1, 0.15) is 16.1 Å². The van der Waals surface area contributed by atoms with Crippen LogP contribution in [0.3, 0.4) is 0 Å². The third-order valence-electron chi connectivity index (χ3n) is 5.41. The number of anilines is 1. The van der Waals surface area contributed by atoms with Gasteiger partial charge in [0, 0.05) is 12.6 Å². The number of Topliss-reactive ketones (excluding diaryl/α,β-unsaturated/α-hetero) is 1. The summed E-state index contributed by atoms with van der Waals surface area (Å²) in [6, 6.07) is 27.8. The first-order chi connectivity index (χ1) is 16.0. The lowest BCUT2D eigenvalue weighted by atomic mass is 10.0. The first-order valence-electron chi connectivity index (χ1n) is 10.3. The molecule has 7 heteroatoms. The number of nitrogens with zero attached hydrogens (tertiary/aromatic N) is 4. The van der Waals surface area contributed by atoms with Crippen molar-refractivity contribution in [1.29, 1.82) is 5.26 Å². The predicted molar refractivity (Wildman–Crippen MR) is 129 cm³/mol. The predicted octanol–water partition coefficient (Wildman–Crippen LogP) is 4.33. The maximum absolute atomic E-state index is 13.0. The molecule has 3 aromatic carbocycles. The van der Waals surface area contributed by atoms with E-state index in [1.165, 1.54) is 4.68 Å². The second kappa shape index (κ2) is 9.20. The number of hydrogen-bond donors (Lipinski definition) is 1. The Morgan fingerprint density at radius 3 is 2.09 bits per heavy atom. The van der Waals surface area contributed by atoms with Crippen molar-refractivity contribution in [2.24, 2.45) is 12.1 Å². The first-order valence-corrected chi connectivity index (χ1v) is 10.3. The summed E-state index contributed by atoms with van der Waals surface area (Å²) in [7, 11) is 1.75. The van der Waals surface area contributed by atoms with Crippen molar-refractivity contribution in [2.45, 2.75) is 6.92 Å². The zero-order chi connectivity index (χ0) is 23.4. The lowest BCUT2D eigenvalue weighted by Gasteiger charge is -2.07. The highest BCUT2D eigenvalue weighted by Gasteiger charge is 2.18. The molecule has 1 N–H and O–H groups in total. The quantitative estimate of drug-likeness (QED) is 0.277. The molecule has 33 heavy (non-hydrogen) atoms. The Balaban J connectivity index is 1.60. The van der Waals surface area contributed by atoms with Crippen LogP contribution in [0.15, 0.2) is 94.8 Å². The molecule has 0 aliphatic rings. The molecule has 0 unspecified atom stereocenters. The van der Waals surface area contributed by atoms with Crippen LogP contribution in [0, 0.1) is 18.3 Å². The van der Waals surface area contributed by atoms with Crippen molar-refractivity contribution >= 4 is 17.2 Å². The van der Waals surface area contributed by atoms with Gasteiger partial charge in [0.05, 0.1) is 11.4 Å². The molecule has 0 bridgehead atoms. The van der Waals surface area contributed by atoms with E-state index in [1.807, 2.05) is 78.9 Å². The number of nitriles is 1. The number of ketones is 1. The van der Waals surface area contributed by atoms with Gasteiger partial charge in [-0.05, 0) is 30.2 Å². The molecule has 162 valence electrons. The lowest BCUT2D eigenvalue weighted by Crippen LogP contribution is -2.21. The highest BCUT2D eigenvalue weighted by Crippen LogP contribution is 2.20. The van der Waals surface area contributed by atoms with E-state index < -0.39 is 5.78 Å². The van der Waals surface area contributed by atoms with Gasteiger partial charge in [0.1, 0.15) is 11.8 Å². The van der Waals surface area contributed by atoms with Crippen LogP contribution in [0.2, 0.25) is 0 Å². The fourth-order valence-electron chi connectivity index (χ4n) is 3.52. The van der Waals surface area contributed by atoms with Crippen molar-refractivity contribution in [3.05, 3.63) is 107 Å². The molecular weight excluding hydrogens is 414 g/mol. The highest BCUT2D eigenvalue weighted by atomic mass is 16.1. The van der Waals surface area contributed by atoms with Crippen molar-refractivity contribution in [2.75, 3.05) is 5.43 Å². The smallest absolute Gasteiger partial charge is 0.286 e. The van der Waals surface area contributed by atoms with Crippen LogP contribution >= 0.6 is 0 Å². The molecule has 1 heterocycles. The van der Waals surface area contributed by atoms with Crippen LogP contribution in [0.5, 0.6) is 0 Å². The summed E-state index contributed by atoms with van der Waals surface area (Å²) in [5.41, 5.74) is 5.80. The molecule has 0 atom stereocenters. The van der Waals surface area contributed by atoms with Crippen molar-refractivity contribution in [1.82, 2.24) is 9.36 Å². The Hall–Kier alpha value is -4.70. The van der Waals surface area contributed by atoms with Gasteiger partial charge in [0.25, 0.3) is 5.56 Å². The van der Waals surface area contributed by atoms with Crippen LogP contribution < -0.4 is 11.0 Å². The van der Waals surface area contributed by atoms with E-state index in [4.69, 9.17) is 0 Å². The normalized spacial score (nSPS) is 11.1. The van der Waals surface area contributed by atoms with Gasteiger partial charge in [-0.1, -0.05) is 72.8 Å². The SMILES string of the molecule is Cc1c(N/N=C(\C#N)C(=O)c2ccc(-c3ccccc3)cc2)c(=O)n(-c2ccccc2)n1C. The van der Waals surface area contributed by atoms with Gasteiger partial charge < -0.3 is 0 Å². The van der Waals surface area contributed by atoms with Gasteiger partial charge >= 0.3 is 0 Å². The first kappa shape index (κ1) is 21.5. The summed E-state index contributed by atoms with van der Waals surface area (Å²) < 4.78 is 3.18. The Bertz CT molecular complexity index is 1420. The summed E-state index contributed by atoms with van der Waals surface area (Å²) in [4.78, 5) is 25.8. The molecule has 0 aliphatic carbocycles. The highest BCUT2D eigenvalue weighted by molar-refractivity contribution is 6.51. The Kier molecular flexibility index (Phi) is 6.00. The second-order valence-corrected chi connectivity index (χ2v) is 7.39. The molecule has 4 rings (SSSR count). The van der Waals surface area contributed by atoms with Gasteiger partial charge in [-0.25, -0.2) is 4.68 Å². The molecule has 0 amide bonds. The van der Waals surface area contributed by atoms with E-state index in [9.17, 15) is 14.9 Å². The van der Waals surface area contributed by atoms with E-state index in [1.54, 1.807) is 30.8 Å². The molecule has 0 saturated carbocycles. The molecule has 1 aromatic heterocycles. The number of para-hydroxylation sites is 1. The van der Waals surface area contributed by atoms with Gasteiger partial charge in [-0.2, -0.15) is 10.4 Å². The third kappa shape index (κ3) is 4.23. The average Bonchev–Trinajstić information content (AvgIpc) is 3.08. The van der Waals surface area contributed by atoms with E-state index in [0.717, 1.165) is 11.1 Å².